The summed E-state index contributed by atoms with van der Waals surface area (Å²) >= 11 is 6.10. The van der Waals surface area contributed by atoms with Gasteiger partial charge in [-0.3, -0.25) is 0 Å². The number of nitrogens with zero attached hydrogens (tertiary/aromatic N) is 3. The highest BCUT2D eigenvalue weighted by Crippen LogP contribution is 2.39. The van der Waals surface area contributed by atoms with Crippen molar-refractivity contribution >= 4 is 23.1 Å². The fourth-order valence-electron chi connectivity index (χ4n) is 2.06. The molecule has 20 heavy (non-hydrogen) atoms. The van der Waals surface area contributed by atoms with E-state index in [9.17, 15) is 0 Å². The standard InChI is InChI=1S/C15H16ClN3O/c1-19(11-5-7-12(20-2)8-6-11)14-9-13(16)17-15(18-14)10-3-4-10/h5-10H,3-4H2,1-2H3. The predicted octanol–water partition coefficient (Wildman–Crippen LogP) is 3.78. The van der Waals surface area contributed by atoms with Crippen molar-refractivity contribution in [3.8, 4) is 5.75 Å². The fraction of sp³-hybridized carbons (Fsp3) is 0.333. The molecule has 1 fully saturated rings. The van der Waals surface area contributed by atoms with Crippen LogP contribution in [-0.2, 0) is 0 Å². The molecule has 0 amide bonds. The van der Waals surface area contributed by atoms with Gasteiger partial charge in [-0.05, 0) is 37.1 Å². The van der Waals surface area contributed by atoms with Gasteiger partial charge in [-0.2, -0.15) is 0 Å². The molecule has 1 saturated carbocycles. The van der Waals surface area contributed by atoms with Crippen LogP contribution >= 0.6 is 11.6 Å². The van der Waals surface area contributed by atoms with E-state index in [0.717, 1.165) is 35.9 Å². The normalized spacial score (nSPS) is 14.2. The number of methoxy groups -OCH3 is 1. The molecular formula is C15H16ClN3O. The molecule has 1 aromatic carbocycles. The number of aromatic nitrogens is 2. The Balaban J connectivity index is 1.90. The summed E-state index contributed by atoms with van der Waals surface area (Å²) in [6.45, 7) is 0. The minimum Gasteiger partial charge on any atom is -0.497 e. The van der Waals surface area contributed by atoms with Crippen molar-refractivity contribution in [2.75, 3.05) is 19.1 Å². The Morgan fingerprint density at radius 2 is 1.90 bits per heavy atom. The minimum absolute atomic E-state index is 0.483. The minimum atomic E-state index is 0.483. The molecule has 0 saturated heterocycles. The lowest BCUT2D eigenvalue weighted by atomic mass is 10.3. The van der Waals surface area contributed by atoms with Gasteiger partial charge in [-0.25, -0.2) is 9.97 Å². The average Bonchev–Trinajstić information content (AvgIpc) is 3.30. The van der Waals surface area contributed by atoms with Gasteiger partial charge in [-0.1, -0.05) is 11.6 Å². The molecule has 104 valence electrons. The summed E-state index contributed by atoms with van der Waals surface area (Å²) in [4.78, 5) is 10.9. The molecule has 0 bridgehead atoms. The van der Waals surface area contributed by atoms with Crippen LogP contribution in [0.5, 0.6) is 5.75 Å². The van der Waals surface area contributed by atoms with Crippen LogP contribution < -0.4 is 9.64 Å². The van der Waals surface area contributed by atoms with E-state index in [1.807, 2.05) is 36.2 Å². The molecule has 1 aliphatic rings. The fourth-order valence-corrected chi connectivity index (χ4v) is 2.24. The first-order valence-electron chi connectivity index (χ1n) is 6.59. The van der Waals surface area contributed by atoms with Gasteiger partial charge in [0.25, 0.3) is 0 Å². The van der Waals surface area contributed by atoms with Crippen LogP contribution in [0.25, 0.3) is 0 Å². The van der Waals surface area contributed by atoms with Crippen molar-refractivity contribution in [1.82, 2.24) is 9.97 Å². The van der Waals surface area contributed by atoms with Crippen molar-refractivity contribution in [3.05, 3.63) is 41.3 Å². The third kappa shape index (κ3) is 2.70. The Morgan fingerprint density at radius 3 is 2.50 bits per heavy atom. The van der Waals surface area contributed by atoms with Crippen LogP contribution in [0, 0.1) is 0 Å². The van der Waals surface area contributed by atoms with Crippen molar-refractivity contribution < 1.29 is 4.74 Å². The van der Waals surface area contributed by atoms with Gasteiger partial charge in [0.05, 0.1) is 7.11 Å². The summed E-state index contributed by atoms with van der Waals surface area (Å²) in [7, 11) is 3.63. The topological polar surface area (TPSA) is 38.2 Å². The molecular weight excluding hydrogens is 274 g/mol. The summed E-state index contributed by atoms with van der Waals surface area (Å²) < 4.78 is 5.17. The van der Waals surface area contributed by atoms with Gasteiger partial charge in [-0.15, -0.1) is 0 Å². The van der Waals surface area contributed by atoms with E-state index in [2.05, 4.69) is 9.97 Å². The zero-order chi connectivity index (χ0) is 14.1. The molecule has 0 unspecified atom stereocenters. The first-order chi connectivity index (χ1) is 9.67. The molecule has 0 N–H and O–H groups in total. The number of anilines is 2. The van der Waals surface area contributed by atoms with Gasteiger partial charge >= 0.3 is 0 Å². The maximum Gasteiger partial charge on any atom is 0.137 e. The first kappa shape index (κ1) is 13.2. The molecule has 1 aromatic heterocycles. The molecule has 5 heteroatoms. The number of benzene rings is 1. The lowest BCUT2D eigenvalue weighted by Crippen LogP contribution is -2.12. The SMILES string of the molecule is COc1ccc(N(C)c2cc(Cl)nc(C3CC3)n2)cc1. The summed E-state index contributed by atoms with van der Waals surface area (Å²) in [5, 5.41) is 0.497. The molecule has 0 radical (unpaired) electrons. The van der Waals surface area contributed by atoms with E-state index in [4.69, 9.17) is 16.3 Å². The Hall–Kier alpha value is -1.81. The van der Waals surface area contributed by atoms with Gasteiger partial charge < -0.3 is 9.64 Å². The molecule has 0 aliphatic heterocycles. The third-order valence-electron chi connectivity index (χ3n) is 3.44. The van der Waals surface area contributed by atoms with Crippen molar-refractivity contribution in [2.24, 2.45) is 0 Å². The van der Waals surface area contributed by atoms with E-state index >= 15 is 0 Å². The Labute approximate surface area is 123 Å². The lowest BCUT2D eigenvalue weighted by Gasteiger charge is -2.19. The van der Waals surface area contributed by atoms with Gasteiger partial charge in [0, 0.05) is 24.7 Å². The second kappa shape index (κ2) is 5.29. The van der Waals surface area contributed by atoms with Crippen LogP contribution in [-0.4, -0.2) is 24.1 Å². The molecule has 2 aromatic rings. The largest absolute Gasteiger partial charge is 0.497 e. The smallest absolute Gasteiger partial charge is 0.137 e. The maximum atomic E-state index is 6.10. The number of halogens is 1. The van der Waals surface area contributed by atoms with E-state index in [0.29, 0.717) is 11.1 Å². The van der Waals surface area contributed by atoms with Gasteiger partial charge in [0.15, 0.2) is 0 Å². The van der Waals surface area contributed by atoms with Crippen molar-refractivity contribution in [2.45, 2.75) is 18.8 Å². The Bertz CT molecular complexity index is 611. The maximum absolute atomic E-state index is 6.10. The van der Waals surface area contributed by atoms with Crippen LogP contribution in [0.15, 0.2) is 30.3 Å². The number of hydrogen-bond acceptors (Lipinski definition) is 4. The highest BCUT2D eigenvalue weighted by Gasteiger charge is 2.27. The zero-order valence-corrected chi connectivity index (χ0v) is 12.3. The van der Waals surface area contributed by atoms with Crippen LogP contribution in [0.4, 0.5) is 11.5 Å². The second-order valence-corrected chi connectivity index (χ2v) is 5.33. The summed E-state index contributed by atoms with van der Waals surface area (Å²) in [6, 6.07) is 9.63. The molecule has 0 atom stereocenters. The van der Waals surface area contributed by atoms with Crippen LogP contribution in [0.1, 0.15) is 24.6 Å². The molecule has 4 nitrogen and oxygen atoms in total. The summed E-state index contributed by atoms with van der Waals surface area (Å²) in [5.41, 5.74) is 1.03. The molecule has 1 heterocycles. The first-order valence-corrected chi connectivity index (χ1v) is 6.97. The van der Waals surface area contributed by atoms with Crippen molar-refractivity contribution in [1.29, 1.82) is 0 Å². The quantitative estimate of drug-likeness (QED) is 0.803. The number of ether oxygens (including phenoxy) is 1. The highest BCUT2D eigenvalue weighted by molar-refractivity contribution is 6.29. The summed E-state index contributed by atoms with van der Waals surface area (Å²) in [5.74, 6) is 2.99. The Kier molecular flexibility index (Phi) is 3.49. The van der Waals surface area contributed by atoms with Crippen LogP contribution in [0.3, 0.4) is 0 Å². The molecule has 0 spiro atoms. The van der Waals surface area contributed by atoms with Crippen LogP contribution in [0.2, 0.25) is 5.15 Å². The second-order valence-electron chi connectivity index (χ2n) is 4.94. The molecule has 3 rings (SSSR count). The lowest BCUT2D eigenvalue weighted by molar-refractivity contribution is 0.415. The summed E-state index contributed by atoms with van der Waals surface area (Å²) in [6.07, 6.45) is 2.32. The van der Waals surface area contributed by atoms with E-state index in [1.165, 1.54) is 0 Å². The van der Waals surface area contributed by atoms with E-state index in [1.54, 1.807) is 13.2 Å². The van der Waals surface area contributed by atoms with Gasteiger partial charge in [0.2, 0.25) is 0 Å². The van der Waals surface area contributed by atoms with E-state index in [-0.39, 0.29) is 0 Å². The molecule has 1 aliphatic carbocycles. The predicted molar refractivity (Wildman–Crippen MR) is 80.1 cm³/mol. The Morgan fingerprint density at radius 1 is 1.20 bits per heavy atom. The van der Waals surface area contributed by atoms with E-state index < -0.39 is 0 Å². The number of hydrogen-bond donors (Lipinski definition) is 0. The number of rotatable bonds is 4. The zero-order valence-electron chi connectivity index (χ0n) is 11.5. The monoisotopic (exact) mass is 289 g/mol. The van der Waals surface area contributed by atoms with Gasteiger partial charge in [0.1, 0.15) is 22.5 Å². The van der Waals surface area contributed by atoms with Crippen molar-refractivity contribution in [3.63, 3.8) is 0 Å². The third-order valence-corrected chi connectivity index (χ3v) is 3.64. The highest BCUT2D eigenvalue weighted by atomic mass is 35.5. The average molecular weight is 290 g/mol.